The summed E-state index contributed by atoms with van der Waals surface area (Å²) in [6.45, 7) is 10.4. The van der Waals surface area contributed by atoms with Gasteiger partial charge < -0.3 is 4.90 Å². The van der Waals surface area contributed by atoms with Crippen molar-refractivity contribution in [2.75, 3.05) is 31.1 Å². The van der Waals surface area contributed by atoms with Crippen molar-refractivity contribution in [3.05, 3.63) is 29.3 Å². The molecule has 1 saturated heterocycles. The Hall–Kier alpha value is -1.59. The van der Waals surface area contributed by atoms with Crippen molar-refractivity contribution in [1.82, 2.24) is 10.3 Å². The van der Waals surface area contributed by atoms with Crippen molar-refractivity contribution in [1.29, 1.82) is 0 Å². The number of rotatable bonds is 4. The van der Waals surface area contributed by atoms with Gasteiger partial charge in [-0.05, 0) is 38.0 Å². The third kappa shape index (κ3) is 3.74. The average molecular weight is 290 g/mol. The Kier molecular flexibility index (Phi) is 5.20. The molecule has 1 atom stereocenters. The molecule has 0 bridgehead atoms. The lowest BCUT2D eigenvalue weighted by molar-refractivity contribution is -0.122. The molecule has 0 aliphatic carbocycles. The summed E-state index contributed by atoms with van der Waals surface area (Å²) in [7, 11) is 0. The predicted molar refractivity (Wildman–Crippen MR) is 86.1 cm³/mol. The second kappa shape index (κ2) is 6.91. The van der Waals surface area contributed by atoms with E-state index in [2.05, 4.69) is 54.2 Å². The molecule has 1 unspecified atom stereocenters. The summed E-state index contributed by atoms with van der Waals surface area (Å²) in [6.07, 6.45) is 0.458. The van der Waals surface area contributed by atoms with Crippen molar-refractivity contribution in [3.63, 3.8) is 0 Å². The van der Waals surface area contributed by atoms with Crippen LogP contribution in [-0.2, 0) is 4.79 Å². The Labute approximate surface area is 127 Å². The van der Waals surface area contributed by atoms with Crippen molar-refractivity contribution in [2.45, 2.75) is 33.2 Å². The smallest absolute Gasteiger partial charge is 0.235 e. The Morgan fingerprint density at radius 3 is 2.57 bits per heavy atom. The van der Waals surface area contributed by atoms with E-state index in [1.807, 2.05) is 0 Å². The summed E-state index contributed by atoms with van der Waals surface area (Å²) < 4.78 is 0. The highest BCUT2D eigenvalue weighted by molar-refractivity contribution is 5.75. The minimum Gasteiger partial charge on any atom is -0.369 e. The normalized spacial score (nSPS) is 17.6. The first-order chi connectivity index (χ1) is 10.0. The lowest BCUT2D eigenvalue weighted by Crippen LogP contribution is -2.51. The zero-order chi connectivity index (χ0) is 15.4. The third-order valence-electron chi connectivity index (χ3n) is 4.50. The van der Waals surface area contributed by atoms with Gasteiger partial charge in [0.15, 0.2) is 0 Å². The fourth-order valence-corrected chi connectivity index (χ4v) is 2.94. The molecule has 116 valence electrons. The van der Waals surface area contributed by atoms with Gasteiger partial charge in [-0.15, -0.1) is 0 Å². The van der Waals surface area contributed by atoms with E-state index in [4.69, 9.17) is 5.84 Å². The molecule has 1 aromatic carbocycles. The molecule has 1 amide bonds. The summed E-state index contributed by atoms with van der Waals surface area (Å²) in [5.74, 6) is 5.05. The molecule has 1 aliphatic heterocycles. The molecule has 0 radical (unpaired) electrons. The number of hydrogen-bond donors (Lipinski definition) is 2. The van der Waals surface area contributed by atoms with E-state index in [9.17, 15) is 4.79 Å². The van der Waals surface area contributed by atoms with Gasteiger partial charge >= 0.3 is 0 Å². The van der Waals surface area contributed by atoms with Crippen LogP contribution in [0.3, 0.4) is 0 Å². The second-order valence-electron chi connectivity index (χ2n) is 5.86. The highest BCUT2D eigenvalue weighted by Crippen LogP contribution is 2.24. The summed E-state index contributed by atoms with van der Waals surface area (Å²) >= 11 is 0. The van der Waals surface area contributed by atoms with Crippen LogP contribution < -0.4 is 16.2 Å². The maximum absolute atomic E-state index is 11.4. The van der Waals surface area contributed by atoms with Crippen LogP contribution in [0.5, 0.6) is 0 Å². The molecule has 1 aliphatic rings. The zero-order valence-corrected chi connectivity index (χ0v) is 13.2. The van der Waals surface area contributed by atoms with Crippen LogP contribution in [0.4, 0.5) is 5.69 Å². The molecule has 21 heavy (non-hydrogen) atoms. The molecule has 5 heteroatoms. The quantitative estimate of drug-likeness (QED) is 0.497. The lowest BCUT2D eigenvalue weighted by atomic mass is 10.1. The number of benzene rings is 1. The molecule has 1 fully saturated rings. The molecule has 0 spiro atoms. The predicted octanol–water partition coefficient (Wildman–Crippen LogP) is 1.19. The van der Waals surface area contributed by atoms with Gasteiger partial charge in [0.2, 0.25) is 5.91 Å². The van der Waals surface area contributed by atoms with Gasteiger partial charge in [0.1, 0.15) is 0 Å². The molecule has 5 nitrogen and oxygen atoms in total. The lowest BCUT2D eigenvalue weighted by Gasteiger charge is -2.39. The van der Waals surface area contributed by atoms with Crippen LogP contribution in [0.1, 0.15) is 24.5 Å². The van der Waals surface area contributed by atoms with Gasteiger partial charge in [0, 0.05) is 44.3 Å². The maximum atomic E-state index is 11.4. The molecular formula is C16H26N4O. The summed E-state index contributed by atoms with van der Waals surface area (Å²) in [6, 6.07) is 6.71. The SMILES string of the molecule is Cc1cccc(N2CCN(C(C)CC(=O)NN)CC2)c1C. The number of nitrogens with zero attached hydrogens (tertiary/aromatic N) is 2. The fourth-order valence-electron chi connectivity index (χ4n) is 2.94. The molecule has 0 saturated carbocycles. The number of nitrogens with one attached hydrogen (secondary N) is 1. The molecular weight excluding hydrogens is 264 g/mol. The van der Waals surface area contributed by atoms with Crippen LogP contribution in [0, 0.1) is 13.8 Å². The van der Waals surface area contributed by atoms with E-state index in [0.717, 1.165) is 26.2 Å². The number of nitrogens with two attached hydrogens (primary N) is 1. The van der Waals surface area contributed by atoms with Gasteiger partial charge in [-0.3, -0.25) is 15.1 Å². The number of carbonyl (C=O) groups excluding carboxylic acids is 1. The highest BCUT2D eigenvalue weighted by atomic mass is 16.2. The topological polar surface area (TPSA) is 61.6 Å². The van der Waals surface area contributed by atoms with E-state index in [0.29, 0.717) is 6.42 Å². The number of amides is 1. The van der Waals surface area contributed by atoms with E-state index in [1.165, 1.54) is 16.8 Å². The minimum absolute atomic E-state index is 0.0977. The van der Waals surface area contributed by atoms with E-state index >= 15 is 0 Å². The van der Waals surface area contributed by atoms with Crippen LogP contribution >= 0.6 is 0 Å². The van der Waals surface area contributed by atoms with Gasteiger partial charge in [0.25, 0.3) is 0 Å². The summed E-state index contributed by atoms with van der Waals surface area (Å²) in [5.41, 5.74) is 6.24. The van der Waals surface area contributed by atoms with Gasteiger partial charge in [-0.1, -0.05) is 12.1 Å². The number of piperazine rings is 1. The first kappa shape index (κ1) is 15.8. The van der Waals surface area contributed by atoms with Gasteiger partial charge in [-0.25, -0.2) is 5.84 Å². The number of carbonyl (C=O) groups is 1. The standard InChI is InChI=1S/C16H26N4O/c1-12-5-4-6-15(14(12)3)20-9-7-19(8-10-20)13(2)11-16(21)18-17/h4-6,13H,7-11,17H2,1-3H3,(H,18,21). The maximum Gasteiger partial charge on any atom is 0.235 e. The number of aryl methyl sites for hydroxylation is 1. The van der Waals surface area contributed by atoms with Gasteiger partial charge in [-0.2, -0.15) is 0 Å². The van der Waals surface area contributed by atoms with Crippen LogP contribution in [0.2, 0.25) is 0 Å². The molecule has 1 heterocycles. The number of hydrogen-bond acceptors (Lipinski definition) is 4. The Balaban J connectivity index is 1.94. The Morgan fingerprint density at radius 1 is 1.29 bits per heavy atom. The first-order valence-electron chi connectivity index (χ1n) is 7.57. The number of hydrazine groups is 1. The Bertz CT molecular complexity index is 495. The van der Waals surface area contributed by atoms with Crippen molar-refractivity contribution >= 4 is 11.6 Å². The third-order valence-corrected chi connectivity index (χ3v) is 4.50. The summed E-state index contributed by atoms with van der Waals surface area (Å²) in [5, 5.41) is 0. The second-order valence-corrected chi connectivity index (χ2v) is 5.86. The first-order valence-corrected chi connectivity index (χ1v) is 7.57. The minimum atomic E-state index is -0.0977. The molecule has 0 aromatic heterocycles. The van der Waals surface area contributed by atoms with E-state index in [-0.39, 0.29) is 11.9 Å². The van der Waals surface area contributed by atoms with E-state index < -0.39 is 0 Å². The molecule has 2 rings (SSSR count). The average Bonchev–Trinajstić information content (AvgIpc) is 2.50. The molecule has 1 aromatic rings. The molecule has 3 N–H and O–H groups in total. The van der Waals surface area contributed by atoms with Crippen molar-refractivity contribution in [2.24, 2.45) is 5.84 Å². The highest BCUT2D eigenvalue weighted by Gasteiger charge is 2.23. The van der Waals surface area contributed by atoms with Crippen molar-refractivity contribution in [3.8, 4) is 0 Å². The monoisotopic (exact) mass is 290 g/mol. The van der Waals surface area contributed by atoms with Gasteiger partial charge in [0.05, 0.1) is 0 Å². The largest absolute Gasteiger partial charge is 0.369 e. The summed E-state index contributed by atoms with van der Waals surface area (Å²) in [4.78, 5) is 16.2. The zero-order valence-electron chi connectivity index (χ0n) is 13.2. The van der Waals surface area contributed by atoms with Crippen molar-refractivity contribution < 1.29 is 4.79 Å². The van der Waals surface area contributed by atoms with Crippen LogP contribution in [0.15, 0.2) is 18.2 Å². The van der Waals surface area contributed by atoms with E-state index in [1.54, 1.807) is 0 Å². The van der Waals surface area contributed by atoms with Crippen LogP contribution in [-0.4, -0.2) is 43.0 Å². The van der Waals surface area contributed by atoms with Crippen LogP contribution in [0.25, 0.3) is 0 Å². The Morgan fingerprint density at radius 2 is 1.95 bits per heavy atom. The fraction of sp³-hybridized carbons (Fsp3) is 0.562. The number of anilines is 1.